The Morgan fingerprint density at radius 1 is 1.39 bits per heavy atom. The van der Waals surface area contributed by atoms with E-state index in [0.717, 1.165) is 36.4 Å². The first-order valence-corrected chi connectivity index (χ1v) is 10.6. The number of aromatic nitrogens is 3. The van der Waals surface area contributed by atoms with Gasteiger partial charge in [-0.2, -0.15) is 5.10 Å². The Morgan fingerprint density at radius 2 is 2.25 bits per heavy atom. The summed E-state index contributed by atoms with van der Waals surface area (Å²) in [6.07, 6.45) is 7.26. The fourth-order valence-electron chi connectivity index (χ4n) is 4.41. The van der Waals surface area contributed by atoms with Crippen molar-refractivity contribution in [2.45, 2.75) is 50.7 Å². The number of aryl methyl sites for hydroxylation is 2. The summed E-state index contributed by atoms with van der Waals surface area (Å²) in [7, 11) is 1.86. The number of rotatable bonds is 5. The van der Waals surface area contributed by atoms with Crippen LogP contribution in [0.2, 0.25) is 0 Å². The van der Waals surface area contributed by atoms with Crippen molar-refractivity contribution in [3.05, 3.63) is 34.0 Å². The predicted octanol–water partition coefficient (Wildman–Crippen LogP) is 1.23. The van der Waals surface area contributed by atoms with Crippen LogP contribution in [0.5, 0.6) is 0 Å². The van der Waals surface area contributed by atoms with E-state index in [0.29, 0.717) is 25.2 Å². The first-order chi connectivity index (χ1) is 13.5. The largest absolute Gasteiger partial charge is 0.350 e. The average Bonchev–Trinajstić information content (AvgIpc) is 3.38. The molecule has 0 radical (unpaired) electrons. The number of fused-ring (bicyclic) bond motifs is 1. The van der Waals surface area contributed by atoms with Crippen LogP contribution in [0.3, 0.4) is 0 Å². The standard InChI is InChI=1S/C19H26N6O2S/c1-13-22-16(12-28-13)17(26)23-15-7-19(5-3-4-6-25(19)11-15)18(27)20-8-14-9-21-24(2)10-14/h9-10,12,15H,3-8,11H2,1-2H3,(H,20,27)(H,23,26)/t15-,19-/m0/s1. The van der Waals surface area contributed by atoms with Crippen molar-refractivity contribution < 1.29 is 9.59 Å². The molecule has 9 heteroatoms. The van der Waals surface area contributed by atoms with Gasteiger partial charge in [0, 0.05) is 43.3 Å². The Balaban J connectivity index is 1.43. The quantitative estimate of drug-likeness (QED) is 0.785. The maximum atomic E-state index is 13.2. The third-order valence-electron chi connectivity index (χ3n) is 5.72. The summed E-state index contributed by atoms with van der Waals surface area (Å²) in [5, 5.41) is 13.0. The topological polar surface area (TPSA) is 92.2 Å². The highest BCUT2D eigenvalue weighted by atomic mass is 32.1. The molecular formula is C19H26N6O2S. The van der Waals surface area contributed by atoms with Gasteiger partial charge in [-0.05, 0) is 39.2 Å². The van der Waals surface area contributed by atoms with E-state index in [2.05, 4.69) is 25.6 Å². The van der Waals surface area contributed by atoms with E-state index >= 15 is 0 Å². The van der Waals surface area contributed by atoms with Crippen molar-refractivity contribution in [1.82, 2.24) is 30.3 Å². The van der Waals surface area contributed by atoms with Gasteiger partial charge >= 0.3 is 0 Å². The Kier molecular flexibility index (Phi) is 5.20. The molecule has 2 aromatic heterocycles. The second-order valence-corrected chi connectivity index (χ2v) is 8.83. The van der Waals surface area contributed by atoms with Crippen molar-refractivity contribution in [2.24, 2.45) is 7.05 Å². The SMILES string of the molecule is Cc1nc(C(=O)N[C@@H]2CN3CCCC[C@@]3(C(=O)NCc3cnn(C)c3)C2)cs1. The molecule has 4 heterocycles. The monoisotopic (exact) mass is 402 g/mol. The molecule has 2 aliphatic rings. The highest BCUT2D eigenvalue weighted by Gasteiger charge is 2.52. The van der Waals surface area contributed by atoms with Crippen LogP contribution in [0.4, 0.5) is 0 Å². The molecule has 2 aliphatic heterocycles. The average molecular weight is 403 g/mol. The fourth-order valence-corrected chi connectivity index (χ4v) is 5.00. The van der Waals surface area contributed by atoms with Crippen LogP contribution in [0.1, 0.15) is 46.7 Å². The van der Waals surface area contributed by atoms with Crippen molar-refractivity contribution in [3.63, 3.8) is 0 Å². The van der Waals surface area contributed by atoms with Crippen LogP contribution >= 0.6 is 11.3 Å². The molecule has 0 aromatic carbocycles. The molecule has 2 saturated heterocycles. The maximum absolute atomic E-state index is 13.2. The highest BCUT2D eigenvalue weighted by Crippen LogP contribution is 2.38. The molecule has 0 aliphatic carbocycles. The van der Waals surface area contributed by atoms with Gasteiger partial charge in [-0.1, -0.05) is 0 Å². The zero-order valence-electron chi connectivity index (χ0n) is 16.3. The second kappa shape index (κ2) is 7.63. The maximum Gasteiger partial charge on any atom is 0.271 e. The van der Waals surface area contributed by atoms with Gasteiger partial charge in [0.2, 0.25) is 5.91 Å². The summed E-state index contributed by atoms with van der Waals surface area (Å²) in [6, 6.07) is -0.0447. The summed E-state index contributed by atoms with van der Waals surface area (Å²) in [6.45, 7) is 3.95. The fraction of sp³-hybridized carbons (Fsp3) is 0.579. The van der Waals surface area contributed by atoms with Gasteiger partial charge in [0.25, 0.3) is 5.91 Å². The van der Waals surface area contributed by atoms with Crippen LogP contribution in [0.25, 0.3) is 0 Å². The molecule has 0 saturated carbocycles. The molecule has 4 rings (SSSR count). The summed E-state index contributed by atoms with van der Waals surface area (Å²) < 4.78 is 1.73. The molecule has 2 atom stereocenters. The van der Waals surface area contributed by atoms with Gasteiger partial charge in [0.05, 0.1) is 11.2 Å². The lowest BCUT2D eigenvalue weighted by Crippen LogP contribution is -2.57. The molecule has 8 nitrogen and oxygen atoms in total. The number of nitrogens with one attached hydrogen (secondary N) is 2. The van der Waals surface area contributed by atoms with E-state index in [-0.39, 0.29) is 17.9 Å². The van der Waals surface area contributed by atoms with Crippen molar-refractivity contribution >= 4 is 23.2 Å². The molecule has 0 bridgehead atoms. The van der Waals surface area contributed by atoms with Crippen LogP contribution in [0, 0.1) is 6.92 Å². The van der Waals surface area contributed by atoms with Gasteiger partial charge in [-0.25, -0.2) is 4.98 Å². The minimum absolute atomic E-state index is 0.0447. The number of carbonyl (C=O) groups is 2. The van der Waals surface area contributed by atoms with E-state index in [1.807, 2.05) is 20.2 Å². The van der Waals surface area contributed by atoms with Gasteiger partial charge < -0.3 is 10.6 Å². The number of nitrogens with zero attached hydrogens (tertiary/aromatic N) is 4. The van der Waals surface area contributed by atoms with E-state index < -0.39 is 5.54 Å². The lowest BCUT2D eigenvalue weighted by atomic mass is 9.84. The molecule has 0 unspecified atom stereocenters. The number of hydrogen-bond acceptors (Lipinski definition) is 6. The molecule has 2 N–H and O–H groups in total. The van der Waals surface area contributed by atoms with Crippen LogP contribution in [-0.2, 0) is 18.4 Å². The third-order valence-corrected chi connectivity index (χ3v) is 6.49. The van der Waals surface area contributed by atoms with E-state index in [9.17, 15) is 9.59 Å². The summed E-state index contributed by atoms with van der Waals surface area (Å²) >= 11 is 1.47. The second-order valence-electron chi connectivity index (χ2n) is 7.77. The Labute approximate surface area is 168 Å². The van der Waals surface area contributed by atoms with Crippen LogP contribution in [-0.4, -0.2) is 56.1 Å². The predicted molar refractivity (Wildman–Crippen MR) is 106 cm³/mol. The normalized spacial score (nSPS) is 24.7. The van der Waals surface area contributed by atoms with E-state index in [4.69, 9.17) is 0 Å². The lowest BCUT2D eigenvalue weighted by molar-refractivity contribution is -0.134. The smallest absolute Gasteiger partial charge is 0.271 e. The Morgan fingerprint density at radius 3 is 2.96 bits per heavy atom. The number of amides is 2. The lowest BCUT2D eigenvalue weighted by Gasteiger charge is -2.40. The zero-order valence-corrected chi connectivity index (χ0v) is 17.1. The minimum atomic E-state index is -0.531. The van der Waals surface area contributed by atoms with Gasteiger partial charge in [0.15, 0.2) is 0 Å². The Hall–Kier alpha value is -2.26. The number of piperidine rings is 1. The third kappa shape index (κ3) is 3.68. The molecular weight excluding hydrogens is 376 g/mol. The summed E-state index contributed by atoms with van der Waals surface area (Å²) in [5.74, 6) is -0.0996. The van der Waals surface area contributed by atoms with Crippen LogP contribution in [0.15, 0.2) is 17.8 Å². The van der Waals surface area contributed by atoms with E-state index in [1.54, 1.807) is 16.3 Å². The number of carbonyl (C=O) groups excluding carboxylic acids is 2. The summed E-state index contributed by atoms with van der Waals surface area (Å²) in [4.78, 5) is 32.2. The minimum Gasteiger partial charge on any atom is -0.350 e. The first-order valence-electron chi connectivity index (χ1n) is 9.70. The Bertz CT molecular complexity index is 877. The molecule has 0 spiro atoms. The van der Waals surface area contributed by atoms with Gasteiger partial charge in [0.1, 0.15) is 11.2 Å². The number of hydrogen-bond donors (Lipinski definition) is 2. The van der Waals surface area contributed by atoms with Crippen molar-refractivity contribution in [3.8, 4) is 0 Å². The van der Waals surface area contributed by atoms with Crippen LogP contribution < -0.4 is 10.6 Å². The molecule has 28 heavy (non-hydrogen) atoms. The molecule has 2 amide bonds. The van der Waals surface area contributed by atoms with Gasteiger partial charge in [-0.15, -0.1) is 11.3 Å². The molecule has 2 fully saturated rings. The molecule has 2 aromatic rings. The van der Waals surface area contributed by atoms with Crippen molar-refractivity contribution in [2.75, 3.05) is 13.1 Å². The van der Waals surface area contributed by atoms with Crippen molar-refractivity contribution in [1.29, 1.82) is 0 Å². The first kappa shape index (κ1) is 19.1. The molecule has 150 valence electrons. The highest BCUT2D eigenvalue weighted by molar-refractivity contribution is 7.09. The zero-order chi connectivity index (χ0) is 19.7. The number of thiazole rings is 1. The van der Waals surface area contributed by atoms with Gasteiger partial charge in [-0.3, -0.25) is 19.2 Å². The van der Waals surface area contributed by atoms with E-state index in [1.165, 1.54) is 11.3 Å². The summed E-state index contributed by atoms with van der Waals surface area (Å²) in [5.41, 5.74) is 0.912.